The lowest BCUT2D eigenvalue weighted by atomic mass is 10.1. The molecule has 0 radical (unpaired) electrons. The Bertz CT molecular complexity index is 784. The third-order valence-corrected chi connectivity index (χ3v) is 4.32. The lowest BCUT2D eigenvalue weighted by Crippen LogP contribution is -2.40. The lowest BCUT2D eigenvalue weighted by Gasteiger charge is -2.05. The van der Waals surface area contributed by atoms with Crippen molar-refractivity contribution in [3.8, 4) is 0 Å². The molecule has 2 aromatic heterocycles. The maximum absolute atomic E-state index is 12.1. The highest BCUT2D eigenvalue weighted by atomic mass is 16.5. The fraction of sp³-hybridized carbons (Fsp3) is 0.412. The van der Waals surface area contributed by atoms with Crippen molar-refractivity contribution in [2.75, 3.05) is 6.61 Å². The number of carbonyl (C=O) groups excluding carboxylic acids is 1. The number of rotatable bonds is 2. The minimum Gasteiger partial charge on any atom is -0.461 e. The molecule has 0 saturated heterocycles. The summed E-state index contributed by atoms with van der Waals surface area (Å²) in [6.07, 6.45) is 2.27. The maximum atomic E-state index is 12.1. The zero-order valence-corrected chi connectivity index (χ0v) is 13.2. The van der Waals surface area contributed by atoms with Crippen LogP contribution in [0.3, 0.4) is 0 Å². The van der Waals surface area contributed by atoms with Gasteiger partial charge in [-0.2, -0.15) is 4.57 Å². The highest BCUT2D eigenvalue weighted by Gasteiger charge is 2.31. The number of aromatic amines is 1. The monoisotopic (exact) mass is 285 g/mol. The Morgan fingerprint density at radius 3 is 2.76 bits per heavy atom. The van der Waals surface area contributed by atoms with Crippen molar-refractivity contribution >= 4 is 22.4 Å². The molecule has 21 heavy (non-hydrogen) atoms. The Morgan fingerprint density at radius 2 is 2.10 bits per heavy atom. The predicted octanol–water partition coefficient (Wildman–Crippen LogP) is 3.23. The van der Waals surface area contributed by atoms with Crippen molar-refractivity contribution in [2.24, 2.45) is 0 Å². The summed E-state index contributed by atoms with van der Waals surface area (Å²) in [5, 5.41) is 1.12. The number of fused-ring (bicyclic) bond motifs is 2. The second-order valence-corrected chi connectivity index (χ2v) is 5.71. The highest BCUT2D eigenvalue weighted by molar-refractivity contribution is 5.99. The van der Waals surface area contributed by atoms with Crippen molar-refractivity contribution in [3.63, 3.8) is 0 Å². The van der Waals surface area contributed by atoms with E-state index in [4.69, 9.17) is 4.74 Å². The Hall–Kier alpha value is -2.10. The minimum atomic E-state index is -0.281. The molecule has 4 nitrogen and oxygen atoms in total. The van der Waals surface area contributed by atoms with E-state index < -0.39 is 0 Å². The van der Waals surface area contributed by atoms with Gasteiger partial charge < -0.3 is 9.72 Å². The first-order valence-corrected chi connectivity index (χ1v) is 7.39. The van der Waals surface area contributed by atoms with Gasteiger partial charge in [0.2, 0.25) is 5.69 Å². The van der Waals surface area contributed by atoms with E-state index in [2.05, 4.69) is 42.5 Å². The molecule has 0 aromatic carbocycles. The van der Waals surface area contributed by atoms with Crippen molar-refractivity contribution < 1.29 is 14.1 Å². The summed E-state index contributed by atoms with van der Waals surface area (Å²) in [4.78, 5) is 15.3. The number of H-pyrrole nitrogens is 1. The molecule has 0 aliphatic carbocycles. The van der Waals surface area contributed by atoms with Crippen LogP contribution >= 0.6 is 0 Å². The molecular formula is C17H21N2O2+. The van der Waals surface area contributed by atoms with E-state index in [9.17, 15) is 4.79 Å². The largest absolute Gasteiger partial charge is 0.461 e. The van der Waals surface area contributed by atoms with E-state index in [1.54, 1.807) is 0 Å². The minimum absolute atomic E-state index is 0.281. The van der Waals surface area contributed by atoms with Crippen LogP contribution in [-0.4, -0.2) is 17.6 Å². The van der Waals surface area contributed by atoms with Gasteiger partial charge in [-0.05, 0) is 32.4 Å². The molecule has 0 bridgehead atoms. The molecule has 0 amide bonds. The second-order valence-electron chi connectivity index (χ2n) is 5.71. The topological polar surface area (TPSA) is 46.0 Å². The van der Waals surface area contributed by atoms with Crippen molar-refractivity contribution in [1.82, 2.24) is 4.98 Å². The number of carbonyl (C=O) groups is 1. The van der Waals surface area contributed by atoms with E-state index in [1.807, 2.05) is 13.8 Å². The van der Waals surface area contributed by atoms with Crippen LogP contribution in [0.4, 0.5) is 0 Å². The van der Waals surface area contributed by atoms with Crippen LogP contribution < -0.4 is 4.57 Å². The molecule has 3 heterocycles. The molecule has 4 heteroatoms. The van der Waals surface area contributed by atoms with Gasteiger partial charge in [-0.3, -0.25) is 0 Å². The average Bonchev–Trinajstić information content (AvgIpc) is 2.89. The Balaban J connectivity index is 2.27. The van der Waals surface area contributed by atoms with Crippen molar-refractivity contribution in [1.29, 1.82) is 0 Å². The van der Waals surface area contributed by atoms with Crippen LogP contribution in [0, 0.1) is 13.8 Å². The van der Waals surface area contributed by atoms with E-state index in [0.717, 1.165) is 16.5 Å². The number of esters is 1. The molecule has 1 aliphatic heterocycles. The van der Waals surface area contributed by atoms with Crippen LogP contribution in [0.2, 0.25) is 0 Å². The lowest BCUT2D eigenvalue weighted by molar-refractivity contribution is -0.710. The highest BCUT2D eigenvalue weighted by Crippen LogP contribution is 2.30. The van der Waals surface area contributed by atoms with Crippen molar-refractivity contribution in [3.05, 3.63) is 34.8 Å². The third-order valence-electron chi connectivity index (χ3n) is 4.32. The van der Waals surface area contributed by atoms with E-state index >= 15 is 0 Å². The smallest absolute Gasteiger partial charge is 0.355 e. The number of allylic oxidation sites excluding steroid dienone is 2. The number of ether oxygens (including phenoxy) is 1. The van der Waals surface area contributed by atoms with Gasteiger partial charge in [-0.25, -0.2) is 4.79 Å². The number of hydrogen-bond donors (Lipinski definition) is 1. The average molecular weight is 285 g/mol. The number of hydrogen-bond acceptors (Lipinski definition) is 2. The standard InChI is InChI=1S/C17H20N2O2/c1-6-21-17(20)16-11(4)15-12(5)19-10(3)7-9(2)14(19)8-13(15)18-16/h7-8,10H,6H2,1-5H3/p+1. The van der Waals surface area contributed by atoms with Gasteiger partial charge in [0.05, 0.1) is 17.5 Å². The Labute approximate surface area is 124 Å². The summed E-state index contributed by atoms with van der Waals surface area (Å²) in [5.74, 6) is -0.281. The number of aryl methyl sites for hydroxylation is 2. The van der Waals surface area contributed by atoms with Gasteiger partial charge in [0.1, 0.15) is 5.69 Å². The van der Waals surface area contributed by atoms with Crippen LogP contribution in [0.5, 0.6) is 0 Å². The maximum Gasteiger partial charge on any atom is 0.355 e. The zero-order valence-electron chi connectivity index (χ0n) is 13.2. The summed E-state index contributed by atoms with van der Waals surface area (Å²) >= 11 is 0. The molecule has 0 spiro atoms. The first-order chi connectivity index (χ1) is 9.95. The SMILES string of the molecule is CCOC(=O)c1[nH]c2cc3[n+](c(C)c2c1C)C(C)C=C3C. The molecule has 110 valence electrons. The Kier molecular flexibility index (Phi) is 3.12. The molecule has 1 N–H and O–H groups in total. The number of nitrogens with zero attached hydrogens (tertiary/aromatic N) is 1. The molecule has 1 unspecified atom stereocenters. The van der Waals surface area contributed by atoms with Gasteiger partial charge in [0, 0.05) is 25.5 Å². The van der Waals surface area contributed by atoms with Crippen molar-refractivity contribution in [2.45, 2.75) is 40.7 Å². The van der Waals surface area contributed by atoms with E-state index in [0.29, 0.717) is 18.3 Å². The van der Waals surface area contributed by atoms with Gasteiger partial charge in [0.15, 0.2) is 11.7 Å². The first-order valence-electron chi connectivity index (χ1n) is 7.39. The summed E-state index contributed by atoms with van der Waals surface area (Å²) in [7, 11) is 0. The van der Waals surface area contributed by atoms with Crippen LogP contribution in [0.25, 0.3) is 16.5 Å². The fourth-order valence-electron chi connectivity index (χ4n) is 3.46. The normalized spacial score (nSPS) is 17.0. The molecule has 3 rings (SSSR count). The molecule has 1 atom stereocenters. The quantitative estimate of drug-likeness (QED) is 0.680. The van der Waals surface area contributed by atoms with Gasteiger partial charge >= 0.3 is 5.97 Å². The summed E-state index contributed by atoms with van der Waals surface area (Å²) in [5.41, 5.74) is 6.21. The van der Waals surface area contributed by atoms with Crippen LogP contribution in [0.1, 0.15) is 54.3 Å². The molecule has 1 aliphatic rings. The van der Waals surface area contributed by atoms with Gasteiger partial charge in [-0.1, -0.05) is 0 Å². The molecule has 0 saturated carbocycles. The number of aromatic nitrogens is 2. The molecule has 2 aromatic rings. The summed E-state index contributed by atoms with van der Waals surface area (Å²) in [6, 6.07) is 2.48. The Morgan fingerprint density at radius 1 is 1.38 bits per heavy atom. The molecule has 0 fully saturated rings. The van der Waals surface area contributed by atoms with Gasteiger partial charge in [-0.15, -0.1) is 0 Å². The number of pyridine rings is 1. The first kappa shape index (κ1) is 13.9. The third kappa shape index (κ3) is 1.89. The predicted molar refractivity (Wildman–Crippen MR) is 82.3 cm³/mol. The fourth-order valence-corrected chi connectivity index (χ4v) is 3.46. The summed E-state index contributed by atoms with van der Waals surface area (Å²) in [6.45, 7) is 10.6. The van der Waals surface area contributed by atoms with E-state index in [1.165, 1.54) is 17.0 Å². The zero-order chi connectivity index (χ0) is 15.3. The van der Waals surface area contributed by atoms with Crippen LogP contribution in [-0.2, 0) is 4.74 Å². The number of nitrogens with one attached hydrogen (secondary N) is 1. The van der Waals surface area contributed by atoms with Crippen LogP contribution in [0.15, 0.2) is 12.1 Å². The van der Waals surface area contributed by atoms with Gasteiger partial charge in [0.25, 0.3) is 0 Å². The molecular weight excluding hydrogens is 264 g/mol. The second kappa shape index (κ2) is 4.72. The van der Waals surface area contributed by atoms with E-state index in [-0.39, 0.29) is 5.97 Å². The summed E-state index contributed by atoms with van der Waals surface area (Å²) < 4.78 is 7.46.